The van der Waals surface area contributed by atoms with E-state index < -0.39 is 0 Å². The second kappa shape index (κ2) is 3.93. The summed E-state index contributed by atoms with van der Waals surface area (Å²) >= 11 is 0. The van der Waals surface area contributed by atoms with Crippen LogP contribution in [0, 0.1) is 13.8 Å². The van der Waals surface area contributed by atoms with E-state index in [0.717, 1.165) is 22.2 Å². The second-order valence-electron chi connectivity index (χ2n) is 5.02. The molecule has 0 aliphatic carbocycles. The summed E-state index contributed by atoms with van der Waals surface area (Å²) in [6.07, 6.45) is 0. The molecule has 0 radical (unpaired) electrons. The zero-order valence-electron chi connectivity index (χ0n) is 11.3. The Morgan fingerprint density at radius 2 is 1.90 bits per heavy atom. The fourth-order valence-corrected chi connectivity index (χ4v) is 2.44. The van der Waals surface area contributed by atoms with Crippen LogP contribution in [-0.2, 0) is 0 Å². The first-order valence-electron chi connectivity index (χ1n) is 6.54. The summed E-state index contributed by atoms with van der Waals surface area (Å²) in [5.74, 6) is 1.23. The molecule has 2 heterocycles. The molecule has 4 nitrogen and oxygen atoms in total. The maximum Gasteiger partial charge on any atom is 0.326 e. The van der Waals surface area contributed by atoms with Gasteiger partial charge in [-0.05, 0) is 37.1 Å². The van der Waals surface area contributed by atoms with Crippen molar-refractivity contribution in [1.82, 2.24) is 14.6 Å². The Kier molecular flexibility index (Phi) is 2.21. The molecule has 4 rings (SSSR count). The van der Waals surface area contributed by atoms with E-state index in [9.17, 15) is 0 Å². The summed E-state index contributed by atoms with van der Waals surface area (Å²) in [5.41, 5.74) is 5.12. The summed E-state index contributed by atoms with van der Waals surface area (Å²) in [7, 11) is 0. The normalized spacial score (nSPS) is 11.5. The highest BCUT2D eigenvalue weighted by Gasteiger charge is 2.14. The van der Waals surface area contributed by atoms with E-state index in [1.54, 1.807) is 4.52 Å². The average Bonchev–Trinajstić information content (AvgIpc) is 2.97. The molecule has 4 aromatic rings. The number of nitrogens with zero attached hydrogens (tertiary/aromatic N) is 3. The molecule has 0 unspecified atom stereocenters. The van der Waals surface area contributed by atoms with E-state index in [1.807, 2.05) is 30.3 Å². The smallest absolute Gasteiger partial charge is 0.326 e. The summed E-state index contributed by atoms with van der Waals surface area (Å²) in [4.78, 5) is 4.50. The van der Waals surface area contributed by atoms with Gasteiger partial charge in [0.2, 0.25) is 0 Å². The van der Waals surface area contributed by atoms with Gasteiger partial charge in [-0.15, -0.1) is 5.10 Å². The Morgan fingerprint density at radius 1 is 1.05 bits per heavy atom. The van der Waals surface area contributed by atoms with Crippen LogP contribution in [0.25, 0.3) is 28.3 Å². The number of oxazole rings is 1. The molecular formula is C16H13N3O. The van der Waals surface area contributed by atoms with Crippen molar-refractivity contribution in [3.05, 3.63) is 53.6 Å². The fourth-order valence-electron chi connectivity index (χ4n) is 2.44. The van der Waals surface area contributed by atoms with Crippen LogP contribution in [0.5, 0.6) is 0 Å². The van der Waals surface area contributed by atoms with E-state index in [1.165, 1.54) is 5.56 Å². The molecule has 0 aliphatic rings. The molecule has 0 aliphatic heterocycles. The Bertz CT molecular complexity index is 933. The van der Waals surface area contributed by atoms with Gasteiger partial charge in [-0.2, -0.15) is 9.50 Å². The molecular weight excluding hydrogens is 250 g/mol. The zero-order chi connectivity index (χ0) is 13.7. The van der Waals surface area contributed by atoms with Gasteiger partial charge in [-0.25, -0.2) is 0 Å². The molecule has 0 N–H and O–H groups in total. The third kappa shape index (κ3) is 1.54. The first-order valence-corrected chi connectivity index (χ1v) is 6.54. The van der Waals surface area contributed by atoms with Gasteiger partial charge in [0.15, 0.2) is 11.4 Å². The lowest BCUT2D eigenvalue weighted by atomic mass is 10.1. The van der Waals surface area contributed by atoms with Crippen molar-refractivity contribution < 1.29 is 4.42 Å². The number of hydrogen-bond acceptors (Lipinski definition) is 3. The van der Waals surface area contributed by atoms with Gasteiger partial charge < -0.3 is 4.42 Å². The molecule has 2 aromatic heterocycles. The molecule has 0 saturated heterocycles. The molecule has 0 bridgehead atoms. The van der Waals surface area contributed by atoms with Crippen LogP contribution in [0.3, 0.4) is 0 Å². The highest BCUT2D eigenvalue weighted by Crippen LogP contribution is 2.25. The van der Waals surface area contributed by atoms with Gasteiger partial charge in [0.25, 0.3) is 0 Å². The third-order valence-electron chi connectivity index (χ3n) is 3.51. The SMILES string of the molecule is Cc1ccc2oc3nc(-c4ccccc4C)nn3c2c1. The van der Waals surface area contributed by atoms with Gasteiger partial charge in [0.1, 0.15) is 5.52 Å². The first kappa shape index (κ1) is 11.2. The van der Waals surface area contributed by atoms with Crippen molar-refractivity contribution in [2.24, 2.45) is 0 Å². The Morgan fingerprint density at radius 3 is 2.75 bits per heavy atom. The number of hydrogen-bond donors (Lipinski definition) is 0. The van der Waals surface area contributed by atoms with E-state index in [0.29, 0.717) is 11.7 Å². The van der Waals surface area contributed by atoms with Gasteiger partial charge in [-0.3, -0.25) is 0 Å². The third-order valence-corrected chi connectivity index (χ3v) is 3.51. The lowest BCUT2D eigenvalue weighted by molar-refractivity contribution is 0.638. The number of fused-ring (bicyclic) bond motifs is 3. The summed E-state index contributed by atoms with van der Waals surface area (Å²) in [6.45, 7) is 4.11. The molecule has 98 valence electrons. The van der Waals surface area contributed by atoms with Gasteiger partial charge in [0, 0.05) is 5.56 Å². The molecule has 2 aromatic carbocycles. The average molecular weight is 263 g/mol. The summed E-state index contributed by atoms with van der Waals surface area (Å²) < 4.78 is 7.51. The lowest BCUT2D eigenvalue weighted by Gasteiger charge is -1.99. The largest absolute Gasteiger partial charge is 0.422 e. The van der Waals surface area contributed by atoms with Crippen molar-refractivity contribution in [2.75, 3.05) is 0 Å². The van der Waals surface area contributed by atoms with Gasteiger partial charge in [-0.1, -0.05) is 30.3 Å². The van der Waals surface area contributed by atoms with Crippen LogP contribution in [-0.4, -0.2) is 14.6 Å². The number of aromatic nitrogens is 3. The van der Waals surface area contributed by atoms with Crippen LogP contribution in [0.1, 0.15) is 11.1 Å². The maximum atomic E-state index is 5.74. The molecule has 20 heavy (non-hydrogen) atoms. The van der Waals surface area contributed by atoms with Gasteiger partial charge in [0.05, 0.1) is 0 Å². The topological polar surface area (TPSA) is 43.3 Å². The maximum absolute atomic E-state index is 5.74. The minimum Gasteiger partial charge on any atom is -0.422 e. The lowest BCUT2D eigenvalue weighted by Crippen LogP contribution is -1.88. The van der Waals surface area contributed by atoms with Crippen molar-refractivity contribution in [3.63, 3.8) is 0 Å². The molecule has 0 amide bonds. The van der Waals surface area contributed by atoms with Crippen molar-refractivity contribution in [2.45, 2.75) is 13.8 Å². The molecule has 0 atom stereocenters. The van der Waals surface area contributed by atoms with Crippen LogP contribution in [0.2, 0.25) is 0 Å². The second-order valence-corrected chi connectivity index (χ2v) is 5.02. The van der Waals surface area contributed by atoms with Crippen LogP contribution in [0.4, 0.5) is 0 Å². The molecule has 0 spiro atoms. The molecule has 0 fully saturated rings. The number of benzene rings is 2. The van der Waals surface area contributed by atoms with Gasteiger partial charge >= 0.3 is 5.84 Å². The standard InChI is InChI=1S/C16H13N3O/c1-10-7-8-14-13(9-10)19-16(20-14)17-15(18-19)12-6-4-3-5-11(12)2/h3-9H,1-2H3. The highest BCUT2D eigenvalue weighted by atomic mass is 16.4. The molecule has 0 saturated carbocycles. The van der Waals surface area contributed by atoms with E-state index >= 15 is 0 Å². The van der Waals surface area contributed by atoms with Crippen LogP contribution in [0.15, 0.2) is 46.9 Å². The number of rotatable bonds is 1. The predicted molar refractivity (Wildman–Crippen MR) is 77.7 cm³/mol. The zero-order valence-corrected chi connectivity index (χ0v) is 11.3. The molecule has 4 heteroatoms. The fraction of sp³-hybridized carbons (Fsp3) is 0.125. The van der Waals surface area contributed by atoms with E-state index in [-0.39, 0.29) is 0 Å². The van der Waals surface area contributed by atoms with Crippen molar-refractivity contribution in [1.29, 1.82) is 0 Å². The highest BCUT2D eigenvalue weighted by molar-refractivity contribution is 5.77. The van der Waals surface area contributed by atoms with Crippen molar-refractivity contribution >= 4 is 16.9 Å². The van der Waals surface area contributed by atoms with Crippen LogP contribution < -0.4 is 0 Å². The minimum absolute atomic E-state index is 0.531. The monoisotopic (exact) mass is 263 g/mol. The summed E-state index contributed by atoms with van der Waals surface area (Å²) in [5, 5.41) is 4.58. The summed E-state index contributed by atoms with van der Waals surface area (Å²) in [6, 6.07) is 14.1. The Hall–Kier alpha value is -2.62. The van der Waals surface area contributed by atoms with Crippen molar-refractivity contribution in [3.8, 4) is 11.4 Å². The minimum atomic E-state index is 0.531. The van der Waals surface area contributed by atoms with E-state index in [4.69, 9.17) is 4.42 Å². The quantitative estimate of drug-likeness (QED) is 0.525. The predicted octanol–water partition coefficient (Wildman–Crippen LogP) is 3.76. The first-order chi connectivity index (χ1) is 9.72. The van der Waals surface area contributed by atoms with Crippen LogP contribution >= 0.6 is 0 Å². The Labute approximate surface area is 115 Å². The number of aryl methyl sites for hydroxylation is 2. The Balaban J connectivity index is 2.00. The van der Waals surface area contributed by atoms with E-state index in [2.05, 4.69) is 36.1 Å².